The summed E-state index contributed by atoms with van der Waals surface area (Å²) in [6, 6.07) is 0.0602. The number of nitrogen functional groups attached to an aromatic ring is 1. The van der Waals surface area contributed by atoms with Gasteiger partial charge in [0.25, 0.3) is 0 Å². The molecule has 0 unspecified atom stereocenters. The second kappa shape index (κ2) is 1.22. The molecule has 0 aliphatic rings. The van der Waals surface area contributed by atoms with Crippen molar-refractivity contribution in [1.29, 1.82) is 0 Å². The van der Waals surface area contributed by atoms with Crippen LogP contribution in [-0.2, 0) is 0 Å². The highest BCUT2D eigenvalue weighted by atomic mass is 16.4. The highest BCUT2D eigenvalue weighted by Crippen LogP contribution is 1.95. The van der Waals surface area contributed by atoms with Crippen LogP contribution in [0.15, 0.2) is 4.42 Å². The topological polar surface area (TPSA) is 64.9 Å². The molecule has 7 heavy (non-hydrogen) atoms. The van der Waals surface area contributed by atoms with Gasteiger partial charge in [-0.2, -0.15) is 0 Å². The Labute approximate surface area is 40.3 Å². The number of nitrogens with two attached hydrogens (primary N) is 1. The van der Waals surface area contributed by atoms with E-state index in [-0.39, 0.29) is 11.9 Å². The molecule has 0 aromatic carbocycles. The van der Waals surface area contributed by atoms with Crippen LogP contribution in [0.4, 0.5) is 6.01 Å². The fraction of sp³-hybridized carbons (Fsp3) is 0. The van der Waals surface area contributed by atoms with Crippen molar-refractivity contribution in [3.05, 3.63) is 12.8 Å². The normalized spacial score (nSPS) is 9.29. The molecule has 0 bridgehead atoms. The zero-order chi connectivity index (χ0) is 5.28. The highest BCUT2D eigenvalue weighted by molar-refractivity contribution is 5.05. The van der Waals surface area contributed by atoms with E-state index >= 15 is 0 Å². The van der Waals surface area contributed by atoms with Crippen LogP contribution in [0, 0.1) is 6.92 Å². The van der Waals surface area contributed by atoms with E-state index in [0.29, 0.717) is 0 Å². The molecule has 0 fully saturated rings. The molecule has 1 heterocycles. The van der Waals surface area contributed by atoms with Crippen LogP contribution in [0.1, 0.15) is 5.89 Å². The van der Waals surface area contributed by atoms with Crippen molar-refractivity contribution in [2.24, 2.45) is 0 Å². The Kier molecular flexibility index (Phi) is 0.714. The van der Waals surface area contributed by atoms with E-state index in [2.05, 4.69) is 21.5 Å². The van der Waals surface area contributed by atoms with Gasteiger partial charge >= 0.3 is 6.01 Å². The first-order chi connectivity index (χ1) is 3.29. The lowest BCUT2D eigenvalue weighted by Gasteiger charge is -1.70. The molecule has 1 rings (SSSR count). The van der Waals surface area contributed by atoms with Crippen molar-refractivity contribution in [3.63, 3.8) is 0 Å². The summed E-state index contributed by atoms with van der Waals surface area (Å²) in [7, 11) is 0. The van der Waals surface area contributed by atoms with Crippen molar-refractivity contribution in [2.75, 3.05) is 5.73 Å². The van der Waals surface area contributed by atoms with Crippen molar-refractivity contribution in [1.82, 2.24) is 10.2 Å². The van der Waals surface area contributed by atoms with Gasteiger partial charge < -0.3 is 10.2 Å². The van der Waals surface area contributed by atoms with Gasteiger partial charge in [-0.3, -0.25) is 0 Å². The maximum atomic E-state index is 5.00. The summed E-state index contributed by atoms with van der Waals surface area (Å²) in [5, 5.41) is 6.68. The Hall–Kier alpha value is -1.06. The van der Waals surface area contributed by atoms with Crippen LogP contribution >= 0.6 is 0 Å². The van der Waals surface area contributed by atoms with Crippen molar-refractivity contribution in [2.45, 2.75) is 0 Å². The quantitative estimate of drug-likeness (QED) is 0.489. The summed E-state index contributed by atoms with van der Waals surface area (Å²) in [5.74, 6) is 0.248. The standard InChI is InChI=1S/C3H4N3O/c1-2-5-6-3(4)7-2/h1H2,(H2,4,6). The summed E-state index contributed by atoms with van der Waals surface area (Å²) < 4.78 is 4.53. The first kappa shape index (κ1) is 4.11. The lowest BCUT2D eigenvalue weighted by atomic mass is 10.8. The third-order valence-corrected chi connectivity index (χ3v) is 0.482. The average molecular weight is 98.1 g/mol. The maximum Gasteiger partial charge on any atom is 0.312 e. The van der Waals surface area contributed by atoms with Crippen LogP contribution in [0.2, 0.25) is 0 Å². The predicted octanol–water partition coefficient (Wildman–Crippen LogP) is -0.166. The summed E-state index contributed by atoms with van der Waals surface area (Å²) in [5.41, 5.74) is 5.00. The first-order valence-electron chi connectivity index (χ1n) is 1.70. The first-order valence-corrected chi connectivity index (χ1v) is 1.70. The summed E-state index contributed by atoms with van der Waals surface area (Å²) >= 11 is 0. The van der Waals surface area contributed by atoms with Gasteiger partial charge in [0.2, 0.25) is 5.89 Å². The molecule has 2 N–H and O–H groups in total. The Bertz CT molecular complexity index is 142. The van der Waals surface area contributed by atoms with Crippen molar-refractivity contribution >= 4 is 6.01 Å². The smallest absolute Gasteiger partial charge is 0.312 e. The number of nitrogens with zero attached hydrogens (tertiary/aromatic N) is 2. The van der Waals surface area contributed by atoms with E-state index < -0.39 is 0 Å². The van der Waals surface area contributed by atoms with Crippen LogP contribution in [-0.4, -0.2) is 10.2 Å². The molecule has 1 radical (unpaired) electrons. The fourth-order valence-corrected chi connectivity index (χ4v) is 0.267. The van der Waals surface area contributed by atoms with Gasteiger partial charge in [0.05, 0.1) is 0 Å². The number of hydrogen-bond donors (Lipinski definition) is 1. The summed E-state index contributed by atoms with van der Waals surface area (Å²) in [6.45, 7) is 3.32. The van der Waals surface area contributed by atoms with E-state index in [4.69, 9.17) is 5.73 Å². The lowest BCUT2D eigenvalue weighted by Crippen LogP contribution is -1.81. The lowest BCUT2D eigenvalue weighted by molar-refractivity contribution is 0.554. The van der Waals surface area contributed by atoms with Crippen LogP contribution in [0.25, 0.3) is 0 Å². The molecule has 4 heteroatoms. The summed E-state index contributed by atoms with van der Waals surface area (Å²) in [4.78, 5) is 0. The van der Waals surface area contributed by atoms with Gasteiger partial charge in [-0.05, 0) is 0 Å². The zero-order valence-electron chi connectivity index (χ0n) is 3.59. The molecule has 0 saturated carbocycles. The van der Waals surface area contributed by atoms with Crippen LogP contribution in [0.3, 0.4) is 0 Å². The van der Waals surface area contributed by atoms with E-state index in [9.17, 15) is 0 Å². The maximum absolute atomic E-state index is 5.00. The molecule has 0 aliphatic heterocycles. The van der Waals surface area contributed by atoms with Gasteiger partial charge in [0.15, 0.2) is 0 Å². The number of rotatable bonds is 0. The number of aromatic nitrogens is 2. The molecular weight excluding hydrogens is 94.1 g/mol. The average Bonchev–Trinajstić information content (AvgIpc) is 1.87. The third kappa shape index (κ3) is 0.677. The SMILES string of the molecule is [CH2]c1nnc(N)o1. The van der Waals surface area contributed by atoms with Crippen LogP contribution in [0.5, 0.6) is 0 Å². The molecule has 37 valence electrons. The minimum absolute atomic E-state index is 0.0602. The van der Waals surface area contributed by atoms with Crippen molar-refractivity contribution in [3.8, 4) is 0 Å². The van der Waals surface area contributed by atoms with Crippen molar-refractivity contribution < 1.29 is 4.42 Å². The number of hydrogen-bond acceptors (Lipinski definition) is 4. The number of anilines is 1. The molecule has 1 aromatic heterocycles. The Morgan fingerprint density at radius 3 is 2.43 bits per heavy atom. The Morgan fingerprint density at radius 1 is 1.57 bits per heavy atom. The Morgan fingerprint density at radius 2 is 2.29 bits per heavy atom. The molecule has 0 atom stereocenters. The Balaban J connectivity index is 3.04. The van der Waals surface area contributed by atoms with E-state index in [1.165, 1.54) is 0 Å². The van der Waals surface area contributed by atoms with Gasteiger partial charge in [-0.25, -0.2) is 0 Å². The van der Waals surface area contributed by atoms with Gasteiger partial charge in [-0.15, -0.1) is 5.10 Å². The van der Waals surface area contributed by atoms with E-state index in [0.717, 1.165) is 0 Å². The molecule has 0 aliphatic carbocycles. The monoisotopic (exact) mass is 98.0 g/mol. The zero-order valence-corrected chi connectivity index (χ0v) is 3.59. The molecule has 4 nitrogen and oxygen atoms in total. The largest absolute Gasteiger partial charge is 0.408 e. The van der Waals surface area contributed by atoms with E-state index in [1.807, 2.05) is 0 Å². The van der Waals surface area contributed by atoms with Gasteiger partial charge in [0, 0.05) is 6.92 Å². The minimum atomic E-state index is 0.0602. The second-order valence-corrected chi connectivity index (χ2v) is 1.03. The van der Waals surface area contributed by atoms with Gasteiger partial charge in [-0.1, -0.05) is 5.10 Å². The second-order valence-electron chi connectivity index (χ2n) is 1.03. The molecule has 0 spiro atoms. The summed E-state index contributed by atoms with van der Waals surface area (Å²) in [6.07, 6.45) is 0. The van der Waals surface area contributed by atoms with Gasteiger partial charge in [0.1, 0.15) is 0 Å². The molecular formula is C3H4N3O. The van der Waals surface area contributed by atoms with Crippen LogP contribution < -0.4 is 5.73 Å². The predicted molar refractivity (Wildman–Crippen MR) is 23.2 cm³/mol. The molecule has 0 amide bonds. The molecule has 0 saturated heterocycles. The highest BCUT2D eigenvalue weighted by Gasteiger charge is 1.90. The third-order valence-electron chi connectivity index (χ3n) is 0.482. The fourth-order valence-electron chi connectivity index (χ4n) is 0.267. The van der Waals surface area contributed by atoms with E-state index in [1.54, 1.807) is 0 Å². The minimum Gasteiger partial charge on any atom is -0.408 e. The molecule has 1 aromatic rings.